The Morgan fingerprint density at radius 1 is 1.35 bits per heavy atom. The van der Waals surface area contributed by atoms with Gasteiger partial charge in [-0.15, -0.1) is 0 Å². The quantitative estimate of drug-likeness (QED) is 0.911. The van der Waals surface area contributed by atoms with Gasteiger partial charge in [0.05, 0.1) is 12.2 Å². The molecule has 7 heteroatoms. The van der Waals surface area contributed by atoms with Crippen molar-refractivity contribution in [2.45, 2.75) is 29.5 Å². The van der Waals surface area contributed by atoms with E-state index in [0.717, 1.165) is 30.6 Å². The van der Waals surface area contributed by atoms with Crippen molar-refractivity contribution in [1.82, 2.24) is 4.98 Å². The number of rotatable bonds is 3. The van der Waals surface area contributed by atoms with Crippen LogP contribution >= 0.6 is 11.3 Å². The summed E-state index contributed by atoms with van der Waals surface area (Å²) >= 11 is 1.07. The van der Waals surface area contributed by atoms with Gasteiger partial charge in [0.2, 0.25) is 10.0 Å². The van der Waals surface area contributed by atoms with Gasteiger partial charge in [0.1, 0.15) is 0 Å². The minimum Gasteiger partial charge on any atom is -0.355 e. The van der Waals surface area contributed by atoms with Crippen LogP contribution in [0, 0.1) is 0 Å². The zero-order chi connectivity index (χ0) is 14.2. The van der Waals surface area contributed by atoms with E-state index in [0.29, 0.717) is 5.13 Å². The van der Waals surface area contributed by atoms with Gasteiger partial charge in [-0.2, -0.15) is 0 Å². The Labute approximate surface area is 121 Å². The molecule has 3 rings (SSSR count). The van der Waals surface area contributed by atoms with Crippen molar-refractivity contribution in [3.05, 3.63) is 41.6 Å². The summed E-state index contributed by atoms with van der Waals surface area (Å²) < 4.78 is 22.6. The number of sulfonamides is 1. The lowest BCUT2D eigenvalue weighted by molar-refractivity contribution is 0.599. The van der Waals surface area contributed by atoms with E-state index >= 15 is 0 Å². The van der Waals surface area contributed by atoms with Gasteiger partial charge in [-0.3, -0.25) is 0 Å². The Kier molecular flexibility index (Phi) is 3.49. The largest absolute Gasteiger partial charge is 0.355 e. The molecule has 5 nitrogen and oxygen atoms in total. The van der Waals surface area contributed by atoms with E-state index in [9.17, 15) is 8.42 Å². The highest BCUT2D eigenvalue weighted by Gasteiger charge is 2.21. The number of benzene rings is 1. The summed E-state index contributed by atoms with van der Waals surface area (Å²) in [5.41, 5.74) is 2.62. The van der Waals surface area contributed by atoms with E-state index in [4.69, 9.17) is 5.14 Å². The number of aryl methyl sites for hydroxylation is 1. The highest BCUT2D eigenvalue weighted by molar-refractivity contribution is 7.91. The van der Waals surface area contributed by atoms with Crippen molar-refractivity contribution < 1.29 is 8.42 Å². The smallest absolute Gasteiger partial charge is 0.249 e. The van der Waals surface area contributed by atoms with Crippen molar-refractivity contribution in [2.24, 2.45) is 5.14 Å². The van der Waals surface area contributed by atoms with E-state index in [-0.39, 0.29) is 10.3 Å². The maximum Gasteiger partial charge on any atom is 0.249 e. The molecule has 106 valence electrons. The van der Waals surface area contributed by atoms with E-state index in [1.54, 1.807) is 0 Å². The molecule has 1 aromatic heterocycles. The molecule has 2 aromatic rings. The van der Waals surface area contributed by atoms with Gasteiger partial charge in [0.15, 0.2) is 9.34 Å². The molecule has 0 unspecified atom stereocenters. The third-order valence-electron chi connectivity index (χ3n) is 3.43. The number of primary sulfonamides is 1. The molecule has 0 aliphatic heterocycles. The number of hydrogen-bond donors (Lipinski definition) is 2. The van der Waals surface area contributed by atoms with Crippen LogP contribution in [0.5, 0.6) is 0 Å². The Morgan fingerprint density at radius 3 is 2.90 bits per heavy atom. The Bertz CT molecular complexity index is 725. The minimum atomic E-state index is -3.67. The average molecular weight is 309 g/mol. The SMILES string of the molecule is NS(=O)(=O)c1cnc(N[C@@H]2CCCc3ccccc32)s1. The van der Waals surface area contributed by atoms with Crippen LogP contribution in [0.15, 0.2) is 34.7 Å². The molecule has 0 spiro atoms. The molecule has 0 fully saturated rings. The Hall–Kier alpha value is -1.44. The van der Waals surface area contributed by atoms with Gasteiger partial charge in [-0.1, -0.05) is 35.6 Å². The lowest BCUT2D eigenvalue weighted by Crippen LogP contribution is -2.17. The average Bonchev–Trinajstić information content (AvgIpc) is 2.88. The van der Waals surface area contributed by atoms with Crippen LogP contribution in [-0.2, 0) is 16.4 Å². The Balaban J connectivity index is 1.84. The first-order valence-corrected chi connectivity index (χ1v) is 8.73. The first-order chi connectivity index (χ1) is 9.54. The number of aromatic nitrogens is 1. The monoisotopic (exact) mass is 309 g/mol. The fourth-order valence-corrected chi connectivity index (χ4v) is 4.01. The minimum absolute atomic E-state index is 0.0871. The summed E-state index contributed by atoms with van der Waals surface area (Å²) in [5.74, 6) is 0. The first-order valence-electron chi connectivity index (χ1n) is 6.37. The van der Waals surface area contributed by atoms with Gasteiger partial charge in [-0.25, -0.2) is 18.5 Å². The maximum atomic E-state index is 11.3. The number of fused-ring (bicyclic) bond motifs is 1. The zero-order valence-corrected chi connectivity index (χ0v) is 12.4. The molecule has 3 N–H and O–H groups in total. The summed E-state index contributed by atoms with van der Waals surface area (Å²) in [6.45, 7) is 0. The van der Waals surface area contributed by atoms with Crippen molar-refractivity contribution in [1.29, 1.82) is 0 Å². The van der Waals surface area contributed by atoms with Gasteiger partial charge in [0.25, 0.3) is 0 Å². The van der Waals surface area contributed by atoms with E-state index < -0.39 is 10.0 Å². The lowest BCUT2D eigenvalue weighted by atomic mass is 9.88. The maximum absolute atomic E-state index is 11.3. The number of nitrogens with two attached hydrogens (primary N) is 1. The van der Waals surface area contributed by atoms with E-state index in [1.165, 1.54) is 17.3 Å². The second kappa shape index (κ2) is 5.16. The molecule has 0 saturated heterocycles. The predicted octanol–water partition coefficient (Wildman–Crippen LogP) is 2.28. The number of nitrogens with one attached hydrogen (secondary N) is 1. The van der Waals surface area contributed by atoms with Crippen LogP contribution in [0.25, 0.3) is 0 Å². The van der Waals surface area contributed by atoms with Crippen molar-refractivity contribution in [2.75, 3.05) is 5.32 Å². The van der Waals surface area contributed by atoms with Gasteiger partial charge in [0, 0.05) is 0 Å². The van der Waals surface area contributed by atoms with Crippen LogP contribution in [0.1, 0.15) is 30.0 Å². The van der Waals surface area contributed by atoms with Gasteiger partial charge < -0.3 is 5.32 Å². The first kappa shape index (κ1) is 13.5. The summed E-state index contributed by atoms with van der Waals surface area (Å²) in [6.07, 6.45) is 4.52. The highest BCUT2D eigenvalue weighted by atomic mass is 32.2. The van der Waals surface area contributed by atoms with Crippen LogP contribution < -0.4 is 10.5 Å². The normalized spacial score (nSPS) is 18.6. The molecule has 0 saturated carbocycles. The Morgan fingerprint density at radius 2 is 2.15 bits per heavy atom. The van der Waals surface area contributed by atoms with E-state index in [1.807, 2.05) is 12.1 Å². The summed E-state index contributed by atoms with van der Waals surface area (Å²) in [6, 6.07) is 8.50. The highest BCUT2D eigenvalue weighted by Crippen LogP contribution is 2.33. The van der Waals surface area contributed by atoms with Crippen LogP contribution in [0.3, 0.4) is 0 Å². The summed E-state index contributed by atoms with van der Waals surface area (Å²) in [5, 5.41) is 9.00. The lowest BCUT2D eigenvalue weighted by Gasteiger charge is -2.26. The topological polar surface area (TPSA) is 85.1 Å². The van der Waals surface area contributed by atoms with Gasteiger partial charge >= 0.3 is 0 Å². The molecule has 20 heavy (non-hydrogen) atoms. The molecule has 0 radical (unpaired) electrons. The standard InChI is InChI=1S/C13H15N3O2S2/c14-20(17,18)12-8-15-13(19-12)16-11-7-3-5-9-4-1-2-6-10(9)11/h1-2,4,6,8,11H,3,5,7H2,(H,15,16)(H2,14,17,18)/t11-/m1/s1. The predicted molar refractivity (Wildman–Crippen MR) is 79.2 cm³/mol. The fourth-order valence-electron chi connectivity index (χ4n) is 2.51. The van der Waals surface area contributed by atoms with Crippen molar-refractivity contribution in [3.63, 3.8) is 0 Å². The molecule has 1 atom stereocenters. The molecular weight excluding hydrogens is 294 g/mol. The number of thiazole rings is 1. The molecule has 1 aliphatic carbocycles. The van der Waals surface area contributed by atoms with Crippen molar-refractivity contribution in [3.8, 4) is 0 Å². The second-order valence-corrected chi connectivity index (χ2v) is 7.64. The molecule has 1 aromatic carbocycles. The van der Waals surface area contributed by atoms with Crippen LogP contribution in [0.4, 0.5) is 5.13 Å². The third-order valence-corrected chi connectivity index (χ3v) is 5.77. The van der Waals surface area contributed by atoms with Crippen LogP contribution in [0.2, 0.25) is 0 Å². The third kappa shape index (κ3) is 2.70. The summed E-state index contributed by atoms with van der Waals surface area (Å²) in [7, 11) is -3.67. The fraction of sp³-hybridized carbons (Fsp3) is 0.308. The summed E-state index contributed by atoms with van der Waals surface area (Å²) in [4.78, 5) is 4.10. The molecule has 0 amide bonds. The second-order valence-electron chi connectivity index (χ2n) is 4.82. The number of anilines is 1. The van der Waals surface area contributed by atoms with Crippen LogP contribution in [-0.4, -0.2) is 13.4 Å². The van der Waals surface area contributed by atoms with Gasteiger partial charge in [-0.05, 0) is 30.4 Å². The number of nitrogens with zero attached hydrogens (tertiary/aromatic N) is 1. The molecule has 1 heterocycles. The van der Waals surface area contributed by atoms with Crippen molar-refractivity contribution >= 4 is 26.5 Å². The zero-order valence-electron chi connectivity index (χ0n) is 10.7. The molecular formula is C13H15N3O2S2. The number of hydrogen-bond acceptors (Lipinski definition) is 5. The van der Waals surface area contributed by atoms with E-state index in [2.05, 4.69) is 22.4 Å². The molecule has 0 bridgehead atoms. The molecule has 1 aliphatic rings.